The van der Waals surface area contributed by atoms with Gasteiger partial charge in [0.1, 0.15) is 30.4 Å². The molecule has 0 saturated carbocycles. The lowest BCUT2D eigenvalue weighted by Crippen LogP contribution is -2.68. The minimum absolute atomic E-state index is 0.0122. The molecule has 52 heavy (non-hydrogen) atoms. The summed E-state index contributed by atoms with van der Waals surface area (Å²) in [5.41, 5.74) is 4.92. The van der Waals surface area contributed by atoms with Gasteiger partial charge in [0.25, 0.3) is 0 Å². The van der Waals surface area contributed by atoms with Crippen LogP contribution in [-0.2, 0) is 51.3 Å². The average molecular weight is 738 g/mol. The number of aryl methyl sites for hydroxylation is 1. The number of nitrogens with zero attached hydrogens (tertiary/aromatic N) is 2. The van der Waals surface area contributed by atoms with Gasteiger partial charge in [-0.15, -0.1) is 0 Å². The maximum absolute atomic E-state index is 13.3. The SMILES string of the molecule is CNN(C)Cc1cc2ccccc2n1CCC(=O)N[C@@H](CC(=O)N[C@H]1O[C@@H](CO)[C@H](O)[C@@H](O)[C@@H]1NC(C)=O)C(=O)NCCOCCOCCC(=O)O. The molecule has 1 saturated heterocycles. The lowest BCUT2D eigenvalue weighted by Gasteiger charge is -2.42. The number of carbonyl (C=O) groups is 5. The summed E-state index contributed by atoms with van der Waals surface area (Å²) in [7, 11) is 3.68. The van der Waals surface area contributed by atoms with Crippen LogP contribution < -0.4 is 26.7 Å². The molecule has 1 aliphatic heterocycles. The van der Waals surface area contributed by atoms with Gasteiger partial charge in [0, 0.05) is 44.7 Å². The van der Waals surface area contributed by atoms with Crippen molar-refractivity contribution in [2.24, 2.45) is 0 Å². The number of nitrogens with one attached hydrogen (secondary N) is 5. The van der Waals surface area contributed by atoms with Gasteiger partial charge in [-0.2, -0.15) is 0 Å². The molecule has 4 amide bonds. The predicted octanol–water partition coefficient (Wildman–Crippen LogP) is -2.84. The van der Waals surface area contributed by atoms with Gasteiger partial charge in [-0.3, -0.25) is 29.4 Å². The molecule has 3 rings (SSSR count). The number of carbonyl (C=O) groups excluding carboxylic acids is 4. The summed E-state index contributed by atoms with van der Waals surface area (Å²) in [6, 6.07) is 7.11. The summed E-state index contributed by atoms with van der Waals surface area (Å²) in [5.74, 6) is -3.58. The number of ether oxygens (including phenoxy) is 3. The second-order valence-electron chi connectivity index (χ2n) is 12.2. The average Bonchev–Trinajstić information content (AvgIpc) is 3.45. The van der Waals surface area contributed by atoms with Crippen molar-refractivity contribution >= 4 is 40.5 Å². The number of carboxylic acid groups (broad SMARTS) is 1. The van der Waals surface area contributed by atoms with Gasteiger partial charge in [0.15, 0.2) is 6.23 Å². The summed E-state index contributed by atoms with van der Waals surface area (Å²) in [6.07, 6.45) is -6.60. The lowest BCUT2D eigenvalue weighted by molar-refractivity contribution is -0.203. The topological polar surface area (TPSA) is 262 Å². The smallest absolute Gasteiger partial charge is 0.305 e. The van der Waals surface area contributed by atoms with Crippen LogP contribution in [-0.4, -0.2) is 150 Å². The third kappa shape index (κ3) is 13.1. The molecule has 9 N–H and O–H groups in total. The van der Waals surface area contributed by atoms with Crippen LogP contribution in [0, 0.1) is 0 Å². The van der Waals surface area contributed by atoms with Crippen LogP contribution >= 0.6 is 0 Å². The highest BCUT2D eigenvalue weighted by atomic mass is 16.5. The van der Waals surface area contributed by atoms with Crippen LogP contribution in [0.15, 0.2) is 30.3 Å². The second kappa shape index (κ2) is 21.3. The number of benzene rings is 1. The van der Waals surface area contributed by atoms with E-state index in [0.717, 1.165) is 16.6 Å². The quantitative estimate of drug-likeness (QED) is 0.0436. The monoisotopic (exact) mass is 737 g/mol. The van der Waals surface area contributed by atoms with Gasteiger partial charge in [-0.25, -0.2) is 5.01 Å². The number of aliphatic hydroxyl groups excluding tert-OH is 3. The van der Waals surface area contributed by atoms with Gasteiger partial charge in [-0.05, 0) is 24.6 Å². The van der Waals surface area contributed by atoms with Crippen molar-refractivity contribution in [2.75, 3.05) is 53.7 Å². The zero-order valence-corrected chi connectivity index (χ0v) is 29.6. The Morgan fingerprint density at radius 2 is 1.69 bits per heavy atom. The van der Waals surface area contributed by atoms with Crippen molar-refractivity contribution in [1.82, 2.24) is 36.3 Å². The first kappa shape index (κ1) is 42.2. The number of aromatic nitrogens is 1. The van der Waals surface area contributed by atoms with Gasteiger partial charge in [0.05, 0.1) is 52.4 Å². The molecule has 0 unspecified atom stereocenters. The van der Waals surface area contributed by atoms with E-state index in [4.69, 9.17) is 19.3 Å². The molecule has 0 aliphatic carbocycles. The van der Waals surface area contributed by atoms with Crippen molar-refractivity contribution < 1.29 is 58.6 Å². The lowest BCUT2D eigenvalue weighted by atomic mass is 9.95. The second-order valence-corrected chi connectivity index (χ2v) is 12.2. The van der Waals surface area contributed by atoms with Crippen LogP contribution in [0.3, 0.4) is 0 Å². The molecule has 0 bridgehead atoms. The Labute approximate surface area is 300 Å². The number of fused-ring (bicyclic) bond motifs is 1. The van der Waals surface area contributed by atoms with Crippen LogP contribution in [0.2, 0.25) is 0 Å². The number of hydrogen-bond donors (Lipinski definition) is 9. The summed E-state index contributed by atoms with van der Waals surface area (Å²) in [4.78, 5) is 62.3. The molecule has 19 nitrogen and oxygen atoms in total. The number of para-hydroxylation sites is 1. The third-order valence-electron chi connectivity index (χ3n) is 8.26. The zero-order chi connectivity index (χ0) is 38.2. The first-order valence-electron chi connectivity index (χ1n) is 16.9. The predicted molar refractivity (Wildman–Crippen MR) is 184 cm³/mol. The van der Waals surface area contributed by atoms with Gasteiger partial charge in [-0.1, -0.05) is 18.2 Å². The molecule has 0 radical (unpaired) electrons. The van der Waals surface area contributed by atoms with Crippen molar-refractivity contribution in [3.63, 3.8) is 0 Å². The Morgan fingerprint density at radius 3 is 2.37 bits per heavy atom. The summed E-state index contributed by atoms with van der Waals surface area (Å²) in [5, 5.41) is 52.2. The van der Waals surface area contributed by atoms with E-state index in [1.807, 2.05) is 47.0 Å². The highest BCUT2D eigenvalue weighted by Crippen LogP contribution is 2.22. The molecule has 290 valence electrons. The van der Waals surface area contributed by atoms with Crippen molar-refractivity contribution in [1.29, 1.82) is 0 Å². The fourth-order valence-electron chi connectivity index (χ4n) is 5.56. The van der Waals surface area contributed by atoms with Crippen LogP contribution in [0.4, 0.5) is 0 Å². The third-order valence-corrected chi connectivity index (χ3v) is 8.26. The first-order valence-corrected chi connectivity index (χ1v) is 16.9. The first-order chi connectivity index (χ1) is 24.8. The highest BCUT2D eigenvalue weighted by molar-refractivity contribution is 5.92. The highest BCUT2D eigenvalue weighted by Gasteiger charge is 2.45. The van der Waals surface area contributed by atoms with E-state index in [9.17, 15) is 39.3 Å². The van der Waals surface area contributed by atoms with Crippen molar-refractivity contribution in [2.45, 2.75) is 75.9 Å². The van der Waals surface area contributed by atoms with E-state index in [1.165, 1.54) is 6.92 Å². The molecule has 1 fully saturated rings. The van der Waals surface area contributed by atoms with Gasteiger partial charge < -0.3 is 60.5 Å². The fourth-order valence-corrected chi connectivity index (χ4v) is 5.56. The molecule has 1 aromatic heterocycles. The minimum atomic E-state index is -1.61. The number of rotatable bonds is 22. The minimum Gasteiger partial charge on any atom is -0.481 e. The molecule has 6 atom stereocenters. The Bertz CT molecular complexity index is 1490. The van der Waals surface area contributed by atoms with Crippen LogP contribution in [0.25, 0.3) is 10.9 Å². The largest absolute Gasteiger partial charge is 0.481 e. The van der Waals surface area contributed by atoms with Crippen molar-refractivity contribution in [3.8, 4) is 0 Å². The van der Waals surface area contributed by atoms with E-state index >= 15 is 0 Å². The number of hydrazine groups is 1. The molecule has 1 aliphatic rings. The Morgan fingerprint density at radius 1 is 0.981 bits per heavy atom. The Hall–Kier alpha value is -4.21. The Kier molecular flexibility index (Phi) is 17.3. The van der Waals surface area contributed by atoms with E-state index in [0.29, 0.717) is 6.54 Å². The molecular weight excluding hydrogens is 686 g/mol. The van der Waals surface area contributed by atoms with E-state index < -0.39 is 79.2 Å². The fraction of sp³-hybridized carbons (Fsp3) is 0.606. The van der Waals surface area contributed by atoms with E-state index in [1.54, 1.807) is 7.05 Å². The number of aliphatic carboxylic acids is 1. The molecule has 2 heterocycles. The molecule has 19 heteroatoms. The number of aliphatic hydroxyl groups is 3. The molecule has 2 aromatic rings. The van der Waals surface area contributed by atoms with Crippen LogP contribution in [0.1, 0.15) is 31.9 Å². The van der Waals surface area contributed by atoms with Crippen LogP contribution in [0.5, 0.6) is 0 Å². The number of amides is 4. The summed E-state index contributed by atoms with van der Waals surface area (Å²) < 4.78 is 18.1. The van der Waals surface area contributed by atoms with Gasteiger partial charge in [0.2, 0.25) is 23.6 Å². The molecule has 0 spiro atoms. The zero-order valence-electron chi connectivity index (χ0n) is 29.6. The van der Waals surface area contributed by atoms with E-state index in [2.05, 4.69) is 26.7 Å². The normalized spacial score (nSPS) is 20.7. The standard InChI is InChI=1S/C33H51N7O12/c1-20(42)36-29-31(48)30(47)25(19-41)52-33(29)38-27(44)17-23(32(49)35-10-13-51-15-14-50-12-9-28(45)46)37-26(43)8-11-40-22(18-39(3)34-2)16-21-6-4-5-7-24(21)40/h4-7,16,23,25,29-31,33-34,41,47-48H,8-15,17-19H2,1-3H3,(H,35,49)(H,36,42)(H,37,43)(H,38,44)(H,45,46)/t23-,25-,29-,30-,31-,33-/m0/s1. The summed E-state index contributed by atoms with van der Waals surface area (Å²) in [6.45, 7) is 1.68. The van der Waals surface area contributed by atoms with Gasteiger partial charge >= 0.3 is 5.97 Å². The molecular formula is C33H51N7O12. The number of hydrogen-bond acceptors (Lipinski definition) is 13. The Balaban J connectivity index is 1.68. The van der Waals surface area contributed by atoms with E-state index in [-0.39, 0.29) is 52.4 Å². The number of carboxylic acids is 1. The molecule has 1 aromatic carbocycles. The van der Waals surface area contributed by atoms with Crippen molar-refractivity contribution in [3.05, 3.63) is 36.0 Å². The summed E-state index contributed by atoms with van der Waals surface area (Å²) >= 11 is 0. The maximum Gasteiger partial charge on any atom is 0.305 e. The maximum atomic E-state index is 13.3.